The first-order chi connectivity index (χ1) is 10.1. The maximum absolute atomic E-state index is 5.72. The minimum atomic E-state index is 0.199. The van der Waals surface area contributed by atoms with Crippen molar-refractivity contribution in [3.8, 4) is 5.75 Å². The molecule has 1 aromatic heterocycles. The van der Waals surface area contributed by atoms with Gasteiger partial charge in [0.05, 0.1) is 13.2 Å². The van der Waals surface area contributed by atoms with Gasteiger partial charge in [-0.2, -0.15) is 11.3 Å². The minimum absolute atomic E-state index is 0.199. The third kappa shape index (κ3) is 3.30. The molecular formula is C18H25NOS. The summed E-state index contributed by atoms with van der Waals surface area (Å²) in [5.41, 5.74) is 6.43. The summed E-state index contributed by atoms with van der Waals surface area (Å²) in [4.78, 5) is 0. The van der Waals surface area contributed by atoms with Gasteiger partial charge in [-0.05, 0) is 66.8 Å². The van der Waals surface area contributed by atoms with Gasteiger partial charge in [0.2, 0.25) is 0 Å². The quantitative estimate of drug-likeness (QED) is 0.830. The lowest BCUT2D eigenvalue weighted by Crippen LogP contribution is -2.24. The third-order valence-corrected chi connectivity index (χ3v) is 4.91. The van der Waals surface area contributed by atoms with Crippen molar-refractivity contribution >= 4 is 11.3 Å². The first-order valence-electron chi connectivity index (χ1n) is 7.50. The molecule has 1 N–H and O–H groups in total. The van der Waals surface area contributed by atoms with Crippen LogP contribution in [0.25, 0.3) is 0 Å². The summed E-state index contributed by atoms with van der Waals surface area (Å²) in [6.07, 6.45) is 1.12. The van der Waals surface area contributed by atoms with E-state index in [9.17, 15) is 0 Å². The molecule has 2 rings (SSSR count). The Kier molecular flexibility index (Phi) is 5.43. The molecule has 0 aliphatic heterocycles. The molecule has 1 heterocycles. The second-order valence-electron chi connectivity index (χ2n) is 5.53. The van der Waals surface area contributed by atoms with E-state index in [0.29, 0.717) is 0 Å². The minimum Gasteiger partial charge on any atom is -0.496 e. The summed E-state index contributed by atoms with van der Waals surface area (Å²) >= 11 is 1.76. The first kappa shape index (κ1) is 16.1. The zero-order valence-electron chi connectivity index (χ0n) is 13.6. The lowest BCUT2D eigenvalue weighted by atomic mass is 9.94. The lowest BCUT2D eigenvalue weighted by molar-refractivity contribution is 0.400. The first-order valence-corrected chi connectivity index (χ1v) is 8.44. The fraction of sp³-hybridized carbons (Fsp3) is 0.444. The number of thiophene rings is 1. The number of rotatable bonds is 6. The molecule has 2 nitrogen and oxygen atoms in total. The monoisotopic (exact) mass is 303 g/mol. The lowest BCUT2D eigenvalue weighted by Gasteiger charge is -2.23. The number of nitrogens with one attached hydrogen (secondary N) is 1. The molecule has 114 valence electrons. The predicted molar refractivity (Wildman–Crippen MR) is 91.7 cm³/mol. The second-order valence-corrected chi connectivity index (χ2v) is 6.27. The van der Waals surface area contributed by atoms with E-state index in [1.807, 2.05) is 0 Å². The van der Waals surface area contributed by atoms with Gasteiger partial charge in [0.1, 0.15) is 5.75 Å². The molecule has 0 spiro atoms. The maximum atomic E-state index is 5.72. The highest BCUT2D eigenvalue weighted by Crippen LogP contribution is 2.36. The summed E-state index contributed by atoms with van der Waals surface area (Å²) in [5, 5.41) is 8.14. The van der Waals surface area contributed by atoms with Crippen molar-refractivity contribution in [2.75, 3.05) is 13.7 Å². The highest BCUT2D eigenvalue weighted by molar-refractivity contribution is 7.08. The van der Waals surface area contributed by atoms with Crippen molar-refractivity contribution in [3.05, 3.63) is 50.7 Å². The number of hydrogen-bond acceptors (Lipinski definition) is 3. The van der Waals surface area contributed by atoms with E-state index < -0.39 is 0 Å². The summed E-state index contributed by atoms with van der Waals surface area (Å²) in [6, 6.07) is 4.59. The molecule has 21 heavy (non-hydrogen) atoms. The largest absolute Gasteiger partial charge is 0.496 e. The van der Waals surface area contributed by atoms with Crippen molar-refractivity contribution in [1.82, 2.24) is 5.32 Å². The van der Waals surface area contributed by atoms with E-state index in [-0.39, 0.29) is 6.04 Å². The van der Waals surface area contributed by atoms with Gasteiger partial charge >= 0.3 is 0 Å². The number of ether oxygens (including phenoxy) is 1. The molecule has 1 atom stereocenters. The number of benzene rings is 1. The Labute approximate surface area is 132 Å². The van der Waals surface area contributed by atoms with Crippen LogP contribution in [0.5, 0.6) is 5.75 Å². The van der Waals surface area contributed by atoms with Gasteiger partial charge in [-0.3, -0.25) is 0 Å². The highest BCUT2D eigenvalue weighted by Gasteiger charge is 2.21. The predicted octanol–water partition coefficient (Wildman–Crippen LogP) is 4.77. The van der Waals surface area contributed by atoms with E-state index in [2.05, 4.69) is 55.9 Å². The van der Waals surface area contributed by atoms with E-state index in [1.165, 1.54) is 27.8 Å². The Balaban J connectivity index is 2.51. The second kappa shape index (κ2) is 7.10. The maximum Gasteiger partial charge on any atom is 0.127 e. The fourth-order valence-electron chi connectivity index (χ4n) is 2.65. The smallest absolute Gasteiger partial charge is 0.127 e. The standard InChI is InChI=1S/C18H25NOS/c1-6-9-19-17(16-11-21-10-13(16)3)15-8-7-12(2)14(4)18(15)20-5/h7-8,10-11,17,19H,6,9H2,1-5H3. The van der Waals surface area contributed by atoms with Crippen LogP contribution in [0.1, 0.15) is 47.2 Å². The van der Waals surface area contributed by atoms with Crippen LogP contribution in [0, 0.1) is 20.8 Å². The SMILES string of the molecule is CCCNC(c1cscc1C)c1ccc(C)c(C)c1OC. The normalized spacial score (nSPS) is 12.4. The molecular weight excluding hydrogens is 278 g/mol. The number of aryl methyl sites for hydroxylation is 2. The van der Waals surface area contributed by atoms with Crippen LogP contribution >= 0.6 is 11.3 Å². The Morgan fingerprint density at radius 2 is 1.86 bits per heavy atom. The summed E-state index contributed by atoms with van der Waals surface area (Å²) < 4.78 is 5.72. The van der Waals surface area contributed by atoms with Gasteiger partial charge in [-0.25, -0.2) is 0 Å². The van der Waals surface area contributed by atoms with E-state index in [4.69, 9.17) is 4.74 Å². The summed E-state index contributed by atoms with van der Waals surface area (Å²) in [5.74, 6) is 1.01. The van der Waals surface area contributed by atoms with Crippen LogP contribution in [0.3, 0.4) is 0 Å². The molecule has 1 aromatic carbocycles. The molecule has 0 aliphatic carbocycles. The zero-order valence-corrected chi connectivity index (χ0v) is 14.4. The van der Waals surface area contributed by atoms with E-state index in [0.717, 1.165) is 18.7 Å². The van der Waals surface area contributed by atoms with Gasteiger partial charge < -0.3 is 10.1 Å². The van der Waals surface area contributed by atoms with Crippen LogP contribution < -0.4 is 10.1 Å². The molecule has 0 amide bonds. The van der Waals surface area contributed by atoms with Crippen molar-refractivity contribution in [3.63, 3.8) is 0 Å². The topological polar surface area (TPSA) is 21.3 Å². The van der Waals surface area contributed by atoms with Crippen molar-refractivity contribution in [1.29, 1.82) is 0 Å². The summed E-state index contributed by atoms with van der Waals surface area (Å²) in [6.45, 7) is 9.64. The summed E-state index contributed by atoms with van der Waals surface area (Å²) in [7, 11) is 1.77. The van der Waals surface area contributed by atoms with Crippen LogP contribution in [0.15, 0.2) is 22.9 Å². The van der Waals surface area contributed by atoms with Crippen molar-refractivity contribution in [2.24, 2.45) is 0 Å². The number of hydrogen-bond donors (Lipinski definition) is 1. The van der Waals surface area contributed by atoms with E-state index in [1.54, 1.807) is 18.4 Å². The Morgan fingerprint density at radius 3 is 2.43 bits per heavy atom. The Hall–Kier alpha value is -1.32. The fourth-order valence-corrected chi connectivity index (χ4v) is 3.53. The molecule has 2 aromatic rings. The molecule has 0 bridgehead atoms. The molecule has 0 saturated heterocycles. The average molecular weight is 303 g/mol. The van der Waals surface area contributed by atoms with Crippen LogP contribution in [0.2, 0.25) is 0 Å². The van der Waals surface area contributed by atoms with Crippen LogP contribution in [-0.4, -0.2) is 13.7 Å². The van der Waals surface area contributed by atoms with Gasteiger partial charge in [0.15, 0.2) is 0 Å². The molecule has 0 saturated carbocycles. The zero-order chi connectivity index (χ0) is 15.4. The molecule has 0 radical (unpaired) electrons. The van der Waals surface area contributed by atoms with Crippen molar-refractivity contribution in [2.45, 2.75) is 40.2 Å². The molecule has 0 fully saturated rings. The van der Waals surface area contributed by atoms with Gasteiger partial charge in [-0.1, -0.05) is 19.1 Å². The highest BCUT2D eigenvalue weighted by atomic mass is 32.1. The van der Waals surface area contributed by atoms with E-state index >= 15 is 0 Å². The Morgan fingerprint density at radius 1 is 1.10 bits per heavy atom. The molecule has 0 aliphatic rings. The average Bonchev–Trinajstić information content (AvgIpc) is 2.89. The van der Waals surface area contributed by atoms with Crippen LogP contribution in [0.4, 0.5) is 0 Å². The van der Waals surface area contributed by atoms with Crippen LogP contribution in [-0.2, 0) is 0 Å². The van der Waals surface area contributed by atoms with Crippen molar-refractivity contribution < 1.29 is 4.74 Å². The molecule has 3 heteroatoms. The molecule has 1 unspecified atom stereocenters. The Bertz CT molecular complexity index is 603. The van der Waals surface area contributed by atoms with Gasteiger partial charge in [0, 0.05) is 5.56 Å². The number of methoxy groups -OCH3 is 1. The third-order valence-electron chi connectivity index (χ3n) is 4.03. The van der Waals surface area contributed by atoms with Gasteiger partial charge in [0.25, 0.3) is 0 Å². The van der Waals surface area contributed by atoms with Gasteiger partial charge in [-0.15, -0.1) is 0 Å².